The summed E-state index contributed by atoms with van der Waals surface area (Å²) in [7, 11) is 1.77. The number of piperazine rings is 1. The highest BCUT2D eigenvalue weighted by Crippen LogP contribution is 2.28. The highest BCUT2D eigenvalue weighted by atomic mass is 127. The van der Waals surface area contributed by atoms with Crippen molar-refractivity contribution in [1.29, 1.82) is 0 Å². The highest BCUT2D eigenvalue weighted by Gasteiger charge is 2.33. The van der Waals surface area contributed by atoms with Crippen LogP contribution in [0.5, 0.6) is 0 Å². The van der Waals surface area contributed by atoms with Crippen molar-refractivity contribution in [1.82, 2.24) is 15.5 Å². The first-order valence-corrected chi connectivity index (χ1v) is 9.33. The molecular formula is C19H31FIN5. The molecular weight excluding hydrogens is 444 g/mol. The van der Waals surface area contributed by atoms with E-state index in [1.165, 1.54) is 6.42 Å². The summed E-state index contributed by atoms with van der Waals surface area (Å²) in [4.78, 5) is 8.78. The van der Waals surface area contributed by atoms with Gasteiger partial charge in [-0.25, -0.2) is 4.39 Å². The molecule has 3 rings (SSSR count). The fourth-order valence-electron chi connectivity index (χ4n) is 3.30. The largest absolute Gasteiger partial charge is 0.367 e. The first-order chi connectivity index (χ1) is 12.1. The number of aliphatic imine (C=N–C) groups is 1. The molecule has 5 nitrogen and oxygen atoms in total. The van der Waals surface area contributed by atoms with Crippen LogP contribution in [-0.4, -0.2) is 56.7 Å². The van der Waals surface area contributed by atoms with Crippen LogP contribution in [0.15, 0.2) is 23.2 Å². The number of hydrogen-bond donors (Lipinski definition) is 2. The Labute approximate surface area is 173 Å². The summed E-state index contributed by atoms with van der Waals surface area (Å²) in [6.07, 6.45) is 1.19. The Morgan fingerprint density at radius 2 is 1.96 bits per heavy atom. The van der Waals surface area contributed by atoms with Crippen molar-refractivity contribution in [2.24, 2.45) is 10.9 Å². The third kappa shape index (κ3) is 5.45. The van der Waals surface area contributed by atoms with Crippen molar-refractivity contribution in [3.05, 3.63) is 29.6 Å². The fraction of sp³-hybridized carbons (Fsp3) is 0.632. The standard InChI is InChI=1S/C19H30FN5.HI/c1-4-24-7-9-25(10-8-24)18-6-5-15(12-16(18)20)13-22-19(21-3)23-17-11-14(17)2;/h5-6,12,14,17H,4,7-11,13H2,1-3H3,(H2,21,22,23);1H. The zero-order valence-corrected chi connectivity index (χ0v) is 18.3. The SMILES string of the molecule is CCN1CCN(c2ccc(CNC(=NC)NC3CC3C)cc2F)CC1.I. The van der Waals surface area contributed by atoms with Gasteiger partial charge in [0.2, 0.25) is 0 Å². The average molecular weight is 475 g/mol. The fourth-order valence-corrected chi connectivity index (χ4v) is 3.30. The van der Waals surface area contributed by atoms with E-state index in [1.54, 1.807) is 13.1 Å². The molecule has 0 aromatic heterocycles. The second-order valence-electron chi connectivity index (χ2n) is 7.10. The Kier molecular flexibility index (Phi) is 7.94. The molecule has 2 aliphatic rings. The molecule has 146 valence electrons. The van der Waals surface area contributed by atoms with Gasteiger partial charge in [-0.1, -0.05) is 19.9 Å². The first kappa shape index (κ1) is 21.2. The lowest BCUT2D eigenvalue weighted by atomic mass is 10.1. The summed E-state index contributed by atoms with van der Waals surface area (Å²) >= 11 is 0. The third-order valence-electron chi connectivity index (χ3n) is 5.29. The van der Waals surface area contributed by atoms with Crippen LogP contribution in [0.3, 0.4) is 0 Å². The number of benzene rings is 1. The van der Waals surface area contributed by atoms with E-state index in [2.05, 4.69) is 39.3 Å². The van der Waals surface area contributed by atoms with Crippen molar-refractivity contribution < 1.29 is 4.39 Å². The van der Waals surface area contributed by atoms with Crippen LogP contribution in [0.1, 0.15) is 25.8 Å². The number of halogens is 2. The second kappa shape index (κ2) is 9.73. The van der Waals surface area contributed by atoms with Gasteiger partial charge in [-0.3, -0.25) is 4.99 Å². The van der Waals surface area contributed by atoms with E-state index in [0.29, 0.717) is 24.2 Å². The van der Waals surface area contributed by atoms with Gasteiger partial charge >= 0.3 is 0 Å². The normalized spacial score (nSPS) is 23.4. The maximum atomic E-state index is 14.6. The number of likely N-dealkylation sites (N-methyl/N-ethyl adjacent to an activating group) is 1. The van der Waals surface area contributed by atoms with Crippen LogP contribution in [0.2, 0.25) is 0 Å². The summed E-state index contributed by atoms with van der Waals surface area (Å²) < 4.78 is 14.6. The molecule has 1 aromatic rings. The summed E-state index contributed by atoms with van der Waals surface area (Å²) in [5.41, 5.74) is 1.65. The van der Waals surface area contributed by atoms with Gasteiger partial charge in [0.15, 0.2) is 5.96 Å². The van der Waals surface area contributed by atoms with Gasteiger partial charge in [0.25, 0.3) is 0 Å². The van der Waals surface area contributed by atoms with Gasteiger partial charge in [-0.15, -0.1) is 24.0 Å². The van der Waals surface area contributed by atoms with Crippen molar-refractivity contribution in [2.45, 2.75) is 32.9 Å². The predicted octanol–water partition coefficient (Wildman–Crippen LogP) is 2.66. The molecule has 1 aliphatic heterocycles. The van der Waals surface area contributed by atoms with E-state index >= 15 is 0 Å². The summed E-state index contributed by atoms with van der Waals surface area (Å²) in [6.45, 7) is 9.81. The zero-order chi connectivity index (χ0) is 17.8. The molecule has 1 saturated heterocycles. The molecule has 26 heavy (non-hydrogen) atoms. The predicted molar refractivity (Wildman–Crippen MR) is 117 cm³/mol. The lowest BCUT2D eigenvalue weighted by molar-refractivity contribution is 0.270. The Bertz CT molecular complexity index is 616. The number of nitrogens with zero attached hydrogens (tertiary/aromatic N) is 3. The van der Waals surface area contributed by atoms with Crippen LogP contribution in [-0.2, 0) is 6.54 Å². The highest BCUT2D eigenvalue weighted by molar-refractivity contribution is 14.0. The number of hydrogen-bond acceptors (Lipinski definition) is 3. The lowest BCUT2D eigenvalue weighted by Gasteiger charge is -2.35. The molecule has 0 bridgehead atoms. The molecule has 0 spiro atoms. The van der Waals surface area contributed by atoms with E-state index in [4.69, 9.17) is 0 Å². The molecule has 2 unspecified atom stereocenters. The molecule has 1 heterocycles. The van der Waals surface area contributed by atoms with Crippen molar-refractivity contribution in [3.63, 3.8) is 0 Å². The maximum Gasteiger partial charge on any atom is 0.191 e. The smallest absolute Gasteiger partial charge is 0.191 e. The monoisotopic (exact) mass is 475 g/mol. The van der Waals surface area contributed by atoms with Gasteiger partial charge < -0.3 is 20.4 Å². The lowest BCUT2D eigenvalue weighted by Crippen LogP contribution is -2.46. The molecule has 2 fully saturated rings. The summed E-state index contributed by atoms with van der Waals surface area (Å²) in [5, 5.41) is 6.65. The minimum Gasteiger partial charge on any atom is -0.367 e. The zero-order valence-electron chi connectivity index (χ0n) is 16.0. The topological polar surface area (TPSA) is 42.9 Å². The van der Waals surface area contributed by atoms with E-state index in [9.17, 15) is 4.39 Å². The van der Waals surface area contributed by atoms with Crippen molar-refractivity contribution in [3.8, 4) is 0 Å². The van der Waals surface area contributed by atoms with Crippen molar-refractivity contribution in [2.75, 3.05) is 44.7 Å². The number of anilines is 1. The second-order valence-corrected chi connectivity index (χ2v) is 7.10. The Morgan fingerprint density at radius 3 is 2.50 bits per heavy atom. The van der Waals surface area contributed by atoms with Gasteiger partial charge in [-0.2, -0.15) is 0 Å². The van der Waals surface area contributed by atoms with Crippen LogP contribution in [0, 0.1) is 11.7 Å². The van der Waals surface area contributed by atoms with Crippen LogP contribution < -0.4 is 15.5 Å². The van der Waals surface area contributed by atoms with Gasteiger partial charge in [-0.05, 0) is 36.6 Å². The Balaban J connectivity index is 0.00000243. The maximum absolute atomic E-state index is 14.6. The quantitative estimate of drug-likeness (QED) is 0.391. The van der Waals surface area contributed by atoms with Gasteiger partial charge in [0.1, 0.15) is 5.82 Å². The summed E-state index contributed by atoms with van der Waals surface area (Å²) in [5.74, 6) is 1.36. The molecule has 2 atom stereocenters. The van der Waals surface area contributed by atoms with Crippen LogP contribution >= 0.6 is 24.0 Å². The molecule has 2 N–H and O–H groups in total. The van der Waals surface area contributed by atoms with Crippen molar-refractivity contribution >= 4 is 35.6 Å². The number of nitrogens with one attached hydrogen (secondary N) is 2. The van der Waals surface area contributed by atoms with E-state index < -0.39 is 0 Å². The molecule has 0 amide bonds. The average Bonchev–Trinajstić information content (AvgIpc) is 3.33. The molecule has 0 radical (unpaired) electrons. The van der Waals surface area contributed by atoms with Gasteiger partial charge in [0, 0.05) is 45.8 Å². The molecule has 1 aromatic carbocycles. The summed E-state index contributed by atoms with van der Waals surface area (Å²) in [6, 6.07) is 6.08. The first-order valence-electron chi connectivity index (χ1n) is 9.33. The van der Waals surface area contributed by atoms with Crippen LogP contribution in [0.25, 0.3) is 0 Å². The number of guanidine groups is 1. The Morgan fingerprint density at radius 1 is 1.27 bits per heavy atom. The van der Waals surface area contributed by atoms with Gasteiger partial charge in [0.05, 0.1) is 5.69 Å². The minimum absolute atomic E-state index is 0. The molecule has 7 heteroatoms. The molecule has 1 aliphatic carbocycles. The minimum atomic E-state index is -0.136. The van der Waals surface area contributed by atoms with Crippen LogP contribution in [0.4, 0.5) is 10.1 Å². The number of rotatable bonds is 5. The molecule has 1 saturated carbocycles. The Hall–Kier alpha value is -1.09. The van der Waals surface area contributed by atoms with E-state index in [1.807, 2.05) is 12.1 Å². The van der Waals surface area contributed by atoms with E-state index in [0.717, 1.165) is 44.2 Å². The van der Waals surface area contributed by atoms with E-state index in [-0.39, 0.29) is 29.8 Å². The third-order valence-corrected chi connectivity index (χ3v) is 5.29.